The lowest BCUT2D eigenvalue weighted by Crippen LogP contribution is -1.97. The molecule has 3 aromatic rings. The Bertz CT molecular complexity index is 808. The highest BCUT2D eigenvalue weighted by Crippen LogP contribution is 2.16. The minimum Gasteiger partial charge on any atom is -0.486 e. The number of para-hydroxylation sites is 2. The van der Waals surface area contributed by atoms with Crippen LogP contribution in [0.3, 0.4) is 0 Å². The lowest BCUT2D eigenvalue weighted by atomic mass is 10.2. The third-order valence-electron chi connectivity index (χ3n) is 3.31. The van der Waals surface area contributed by atoms with E-state index in [4.69, 9.17) is 4.74 Å². The molecule has 1 heterocycles. The number of H-pyrrole nitrogens is 1. The van der Waals surface area contributed by atoms with E-state index in [0.717, 1.165) is 28.2 Å². The second kappa shape index (κ2) is 8.17. The Morgan fingerprint density at radius 2 is 1.92 bits per heavy atom. The summed E-state index contributed by atoms with van der Waals surface area (Å²) in [6.07, 6.45) is 3.07. The van der Waals surface area contributed by atoms with Crippen molar-refractivity contribution >= 4 is 35.5 Å². The molecule has 0 bridgehead atoms. The Hall–Kier alpha value is -2.79. The number of rotatable bonds is 5. The number of nitrogens with zero attached hydrogens (tertiary/aromatic N) is 1. The van der Waals surface area contributed by atoms with Crippen LogP contribution >= 0.6 is 12.4 Å². The van der Waals surface area contributed by atoms with Crippen LogP contribution in [0.5, 0.6) is 5.75 Å². The molecule has 24 heavy (non-hydrogen) atoms. The van der Waals surface area contributed by atoms with Gasteiger partial charge in [0, 0.05) is 6.08 Å². The fraction of sp³-hybridized carbons (Fsp3) is 0.111. The number of halogens is 1. The molecule has 0 radical (unpaired) electrons. The average Bonchev–Trinajstić information content (AvgIpc) is 3.01. The number of benzene rings is 2. The van der Waals surface area contributed by atoms with Crippen LogP contribution in [0.15, 0.2) is 54.6 Å². The first-order valence-electron chi connectivity index (χ1n) is 7.17. The minimum absolute atomic E-state index is 0. The number of carbonyl (C=O) groups is 1. The normalized spacial score (nSPS) is 10.5. The predicted octanol–water partition coefficient (Wildman–Crippen LogP) is 3.75. The quantitative estimate of drug-likeness (QED) is 0.565. The molecular formula is C18H17ClN2O3. The first-order valence-corrected chi connectivity index (χ1v) is 7.17. The van der Waals surface area contributed by atoms with Crippen LogP contribution in [0.4, 0.5) is 0 Å². The van der Waals surface area contributed by atoms with E-state index in [1.807, 2.05) is 48.5 Å². The second-order valence-corrected chi connectivity index (χ2v) is 4.91. The van der Waals surface area contributed by atoms with Crippen LogP contribution in [0.1, 0.15) is 11.4 Å². The highest BCUT2D eigenvalue weighted by atomic mass is 35.5. The van der Waals surface area contributed by atoms with Crippen LogP contribution < -0.4 is 4.74 Å². The molecule has 0 atom stereocenters. The van der Waals surface area contributed by atoms with Gasteiger partial charge in [-0.1, -0.05) is 24.3 Å². The monoisotopic (exact) mass is 344 g/mol. The van der Waals surface area contributed by atoms with Crippen LogP contribution in [-0.2, 0) is 16.1 Å². The predicted molar refractivity (Wildman–Crippen MR) is 95.2 cm³/mol. The van der Waals surface area contributed by atoms with E-state index in [0.29, 0.717) is 6.61 Å². The number of hydrogen-bond acceptors (Lipinski definition) is 4. The standard InChI is InChI=1S/C18H16N2O3.ClH/c1-22-18(21)11-8-13-6-9-14(10-7-13)23-12-17-19-15-4-2-3-5-16(15)20-17;/h2-11H,12H2,1H3,(H,19,20);1H/b11-8+;. The molecule has 5 nitrogen and oxygen atoms in total. The summed E-state index contributed by atoms with van der Waals surface area (Å²) in [5.74, 6) is 1.14. The fourth-order valence-corrected chi connectivity index (χ4v) is 2.13. The van der Waals surface area contributed by atoms with E-state index in [1.165, 1.54) is 13.2 Å². The number of ether oxygens (including phenoxy) is 2. The molecular weight excluding hydrogens is 328 g/mol. The number of aromatic nitrogens is 2. The number of nitrogens with one attached hydrogen (secondary N) is 1. The maximum absolute atomic E-state index is 11.0. The van der Waals surface area contributed by atoms with Gasteiger partial charge in [0.05, 0.1) is 18.1 Å². The summed E-state index contributed by atoms with van der Waals surface area (Å²) in [4.78, 5) is 18.7. The largest absolute Gasteiger partial charge is 0.486 e. The summed E-state index contributed by atoms with van der Waals surface area (Å²) >= 11 is 0. The second-order valence-electron chi connectivity index (χ2n) is 4.91. The third kappa shape index (κ3) is 4.36. The Balaban J connectivity index is 0.00000208. The molecule has 1 aromatic heterocycles. The highest BCUT2D eigenvalue weighted by Gasteiger charge is 2.03. The number of aromatic amines is 1. The van der Waals surface area contributed by atoms with Crippen molar-refractivity contribution < 1.29 is 14.3 Å². The van der Waals surface area contributed by atoms with Gasteiger partial charge in [0.1, 0.15) is 18.2 Å². The summed E-state index contributed by atoms with van der Waals surface area (Å²) in [6, 6.07) is 15.3. The fourth-order valence-electron chi connectivity index (χ4n) is 2.13. The summed E-state index contributed by atoms with van der Waals surface area (Å²) in [6.45, 7) is 0.367. The van der Waals surface area contributed by atoms with Crippen molar-refractivity contribution in [3.05, 3.63) is 66.0 Å². The molecule has 0 spiro atoms. The first-order chi connectivity index (χ1) is 11.2. The van der Waals surface area contributed by atoms with Crippen molar-refractivity contribution in [1.82, 2.24) is 9.97 Å². The van der Waals surface area contributed by atoms with E-state index in [1.54, 1.807) is 6.08 Å². The van der Waals surface area contributed by atoms with Gasteiger partial charge in [-0.15, -0.1) is 12.4 Å². The topological polar surface area (TPSA) is 64.2 Å². The molecule has 0 unspecified atom stereocenters. The molecule has 2 aromatic carbocycles. The SMILES string of the molecule is COC(=O)/C=C/c1ccc(OCc2nc3ccccc3[nH]2)cc1.Cl. The van der Waals surface area contributed by atoms with Gasteiger partial charge in [-0.3, -0.25) is 0 Å². The summed E-state index contributed by atoms with van der Waals surface area (Å²) < 4.78 is 10.3. The summed E-state index contributed by atoms with van der Waals surface area (Å²) in [5, 5.41) is 0. The van der Waals surface area contributed by atoms with Gasteiger partial charge < -0.3 is 14.5 Å². The van der Waals surface area contributed by atoms with Crippen molar-refractivity contribution in [3.63, 3.8) is 0 Å². The molecule has 0 aliphatic heterocycles. The van der Waals surface area contributed by atoms with Crippen molar-refractivity contribution in [2.75, 3.05) is 7.11 Å². The van der Waals surface area contributed by atoms with Crippen molar-refractivity contribution in [2.24, 2.45) is 0 Å². The van der Waals surface area contributed by atoms with Crippen LogP contribution in [0.25, 0.3) is 17.1 Å². The zero-order valence-corrected chi connectivity index (χ0v) is 13.9. The first kappa shape index (κ1) is 17.6. The van der Waals surface area contributed by atoms with Gasteiger partial charge in [0.2, 0.25) is 0 Å². The number of esters is 1. The molecule has 0 saturated heterocycles. The van der Waals surface area contributed by atoms with E-state index in [-0.39, 0.29) is 18.4 Å². The van der Waals surface area contributed by atoms with Crippen molar-refractivity contribution in [1.29, 1.82) is 0 Å². The zero-order chi connectivity index (χ0) is 16.1. The van der Waals surface area contributed by atoms with Gasteiger partial charge in [0.25, 0.3) is 0 Å². The number of carbonyl (C=O) groups excluding carboxylic acids is 1. The third-order valence-corrected chi connectivity index (χ3v) is 3.31. The van der Waals surface area contributed by atoms with Gasteiger partial charge in [-0.2, -0.15) is 0 Å². The molecule has 0 amide bonds. The van der Waals surface area contributed by atoms with Gasteiger partial charge in [-0.05, 0) is 35.9 Å². The number of hydrogen-bond donors (Lipinski definition) is 1. The van der Waals surface area contributed by atoms with E-state index in [2.05, 4.69) is 14.7 Å². The van der Waals surface area contributed by atoms with Crippen LogP contribution in [0.2, 0.25) is 0 Å². The lowest BCUT2D eigenvalue weighted by Gasteiger charge is -2.04. The Morgan fingerprint density at radius 1 is 1.17 bits per heavy atom. The van der Waals surface area contributed by atoms with E-state index >= 15 is 0 Å². The molecule has 0 aliphatic carbocycles. The summed E-state index contributed by atoms with van der Waals surface area (Å²) in [7, 11) is 1.35. The van der Waals surface area contributed by atoms with Crippen molar-refractivity contribution in [2.45, 2.75) is 6.61 Å². The molecule has 6 heteroatoms. The zero-order valence-electron chi connectivity index (χ0n) is 13.1. The molecule has 3 rings (SSSR count). The maximum atomic E-state index is 11.0. The summed E-state index contributed by atoms with van der Waals surface area (Å²) in [5.41, 5.74) is 2.82. The minimum atomic E-state index is -0.379. The Labute approximate surface area is 145 Å². The maximum Gasteiger partial charge on any atom is 0.330 e. The molecule has 1 N–H and O–H groups in total. The van der Waals surface area contributed by atoms with Crippen LogP contribution in [0, 0.1) is 0 Å². The van der Waals surface area contributed by atoms with Gasteiger partial charge in [-0.25, -0.2) is 9.78 Å². The average molecular weight is 345 g/mol. The lowest BCUT2D eigenvalue weighted by molar-refractivity contribution is -0.134. The Kier molecular flexibility index (Phi) is 5.98. The number of fused-ring (bicyclic) bond motifs is 1. The molecule has 0 fully saturated rings. The smallest absolute Gasteiger partial charge is 0.330 e. The van der Waals surface area contributed by atoms with E-state index in [9.17, 15) is 4.79 Å². The molecule has 124 valence electrons. The molecule has 0 saturated carbocycles. The van der Waals surface area contributed by atoms with Crippen LogP contribution in [-0.4, -0.2) is 23.0 Å². The molecule has 0 aliphatic rings. The Morgan fingerprint density at radius 3 is 2.62 bits per heavy atom. The van der Waals surface area contributed by atoms with Gasteiger partial charge in [0.15, 0.2) is 0 Å². The van der Waals surface area contributed by atoms with Gasteiger partial charge >= 0.3 is 5.97 Å². The highest BCUT2D eigenvalue weighted by molar-refractivity contribution is 5.86. The van der Waals surface area contributed by atoms with E-state index < -0.39 is 0 Å². The number of imidazole rings is 1. The van der Waals surface area contributed by atoms with Crippen molar-refractivity contribution in [3.8, 4) is 5.75 Å². The number of methoxy groups -OCH3 is 1.